The van der Waals surface area contributed by atoms with Crippen LogP contribution in [0.3, 0.4) is 0 Å². The molecule has 1 unspecified atom stereocenters. The minimum atomic E-state index is -0.00384. The van der Waals surface area contributed by atoms with Crippen LogP contribution in [0.1, 0.15) is 10.9 Å². The van der Waals surface area contributed by atoms with Crippen molar-refractivity contribution in [3.05, 3.63) is 54.1 Å². The molecule has 2 heterocycles. The Morgan fingerprint density at radius 1 is 1.26 bits per heavy atom. The molecule has 1 N–H and O–H groups in total. The number of fused-ring (bicyclic) bond motifs is 1. The van der Waals surface area contributed by atoms with Crippen LogP contribution in [0.5, 0.6) is 5.75 Å². The van der Waals surface area contributed by atoms with E-state index < -0.39 is 0 Å². The average molecular weight is 418 g/mol. The smallest absolute Gasteiger partial charge is 0.248 e. The first-order chi connectivity index (χ1) is 13.2. The lowest BCUT2D eigenvalue weighted by molar-refractivity contribution is -0.131. The van der Waals surface area contributed by atoms with Crippen molar-refractivity contribution in [2.75, 3.05) is 25.2 Å². The number of hydrogen-bond donors (Lipinski definition) is 1. The highest BCUT2D eigenvalue weighted by molar-refractivity contribution is 8.01. The van der Waals surface area contributed by atoms with Crippen molar-refractivity contribution >= 4 is 51.0 Å². The number of amides is 1. The van der Waals surface area contributed by atoms with Crippen molar-refractivity contribution in [3.63, 3.8) is 0 Å². The topological polar surface area (TPSA) is 54.5 Å². The molecule has 5 nitrogen and oxygen atoms in total. The Balaban J connectivity index is 1.33. The number of thiazole rings is 1. The van der Waals surface area contributed by atoms with Gasteiger partial charge in [0.15, 0.2) is 4.34 Å². The second kappa shape index (κ2) is 8.52. The van der Waals surface area contributed by atoms with Gasteiger partial charge in [-0.3, -0.25) is 9.80 Å². The van der Waals surface area contributed by atoms with E-state index in [1.54, 1.807) is 47.0 Å². The van der Waals surface area contributed by atoms with E-state index in [-0.39, 0.29) is 11.3 Å². The summed E-state index contributed by atoms with van der Waals surface area (Å²) in [4.78, 5) is 16.9. The second-order valence-corrected chi connectivity index (χ2v) is 9.35. The summed E-state index contributed by atoms with van der Waals surface area (Å²) in [6.07, 6.45) is 0. The summed E-state index contributed by atoms with van der Waals surface area (Å²) in [5.41, 5.74) is 5.44. The van der Waals surface area contributed by atoms with Gasteiger partial charge in [0.1, 0.15) is 11.1 Å². The molecule has 0 saturated carbocycles. The van der Waals surface area contributed by atoms with Crippen LogP contribution < -0.4 is 10.2 Å². The van der Waals surface area contributed by atoms with Crippen molar-refractivity contribution in [1.29, 1.82) is 0 Å². The highest BCUT2D eigenvalue weighted by Crippen LogP contribution is 2.37. The van der Waals surface area contributed by atoms with Gasteiger partial charge in [-0.15, -0.1) is 23.1 Å². The van der Waals surface area contributed by atoms with E-state index in [1.165, 1.54) is 4.70 Å². The van der Waals surface area contributed by atoms with Gasteiger partial charge < -0.3 is 4.74 Å². The first-order valence-electron chi connectivity index (χ1n) is 8.54. The van der Waals surface area contributed by atoms with Crippen LogP contribution in [0, 0.1) is 0 Å². The Labute approximate surface area is 170 Å². The van der Waals surface area contributed by atoms with Crippen LogP contribution in [0.25, 0.3) is 10.2 Å². The van der Waals surface area contributed by atoms with Crippen molar-refractivity contribution in [2.24, 2.45) is 0 Å². The lowest BCUT2D eigenvalue weighted by Gasteiger charge is -2.24. The number of nitrogens with one attached hydrogen (secondary N) is 1. The standard InChI is InChI=1S/C19H19N3O2S3/c1-24-14-8-6-13(7-9-14)18-22(17(23)12-26-18)20-10-11-25-19-21-15-4-2-3-5-16(15)27-19/h2-9,18,20H,10-12H2,1H3. The van der Waals surface area contributed by atoms with Gasteiger partial charge in [-0.2, -0.15) is 0 Å². The lowest BCUT2D eigenvalue weighted by Crippen LogP contribution is -2.42. The minimum absolute atomic E-state index is 0.00384. The van der Waals surface area contributed by atoms with E-state index in [2.05, 4.69) is 16.5 Å². The molecule has 1 saturated heterocycles. The van der Waals surface area contributed by atoms with E-state index in [0.29, 0.717) is 12.3 Å². The van der Waals surface area contributed by atoms with Crippen LogP contribution in [-0.2, 0) is 4.79 Å². The number of hydrazine groups is 1. The van der Waals surface area contributed by atoms with Crippen molar-refractivity contribution in [1.82, 2.24) is 15.4 Å². The number of benzene rings is 2. The molecule has 1 aromatic heterocycles. The van der Waals surface area contributed by atoms with Crippen LogP contribution >= 0.6 is 34.9 Å². The fraction of sp³-hybridized carbons (Fsp3) is 0.263. The maximum absolute atomic E-state index is 12.3. The number of aromatic nitrogens is 1. The third kappa shape index (κ3) is 4.24. The Kier molecular flexibility index (Phi) is 5.87. The van der Waals surface area contributed by atoms with Gasteiger partial charge in [0.25, 0.3) is 0 Å². The molecule has 3 aromatic rings. The first kappa shape index (κ1) is 18.6. The normalized spacial score (nSPS) is 17.0. The fourth-order valence-corrected chi connectivity index (χ4v) is 5.94. The Hall–Kier alpha value is -1.74. The van der Waals surface area contributed by atoms with Gasteiger partial charge in [-0.05, 0) is 29.8 Å². The van der Waals surface area contributed by atoms with E-state index in [0.717, 1.165) is 26.9 Å². The van der Waals surface area contributed by atoms with E-state index in [9.17, 15) is 4.79 Å². The van der Waals surface area contributed by atoms with Gasteiger partial charge in [0, 0.05) is 12.3 Å². The van der Waals surface area contributed by atoms with Crippen molar-refractivity contribution in [2.45, 2.75) is 9.71 Å². The molecule has 1 amide bonds. The number of nitrogens with zero attached hydrogens (tertiary/aromatic N) is 2. The van der Waals surface area contributed by atoms with Crippen LogP contribution in [0.4, 0.5) is 0 Å². The molecular weight excluding hydrogens is 398 g/mol. The molecule has 0 spiro atoms. The predicted octanol–water partition coefficient (Wildman–Crippen LogP) is 4.18. The number of rotatable bonds is 7. The molecule has 140 valence electrons. The Morgan fingerprint density at radius 3 is 2.85 bits per heavy atom. The monoisotopic (exact) mass is 417 g/mol. The molecule has 1 aliphatic heterocycles. The fourth-order valence-electron chi connectivity index (χ4n) is 2.83. The summed E-state index contributed by atoms with van der Waals surface area (Å²) < 4.78 is 7.48. The third-order valence-corrected chi connectivity index (χ3v) is 7.55. The summed E-state index contributed by atoms with van der Waals surface area (Å²) in [6, 6.07) is 16.1. The van der Waals surface area contributed by atoms with Gasteiger partial charge in [-0.1, -0.05) is 36.0 Å². The van der Waals surface area contributed by atoms with Gasteiger partial charge in [0.05, 0.1) is 23.1 Å². The van der Waals surface area contributed by atoms with Crippen molar-refractivity contribution < 1.29 is 9.53 Å². The van der Waals surface area contributed by atoms with Crippen LogP contribution in [0.2, 0.25) is 0 Å². The largest absolute Gasteiger partial charge is 0.497 e. The molecule has 1 atom stereocenters. The number of carbonyl (C=O) groups excluding carboxylic acids is 1. The van der Waals surface area contributed by atoms with Crippen LogP contribution in [0.15, 0.2) is 52.9 Å². The molecule has 0 radical (unpaired) electrons. The number of thioether (sulfide) groups is 2. The second-order valence-electron chi connectivity index (χ2n) is 5.90. The number of ether oxygens (including phenoxy) is 1. The van der Waals surface area contributed by atoms with Crippen molar-refractivity contribution in [3.8, 4) is 5.75 Å². The first-order valence-corrected chi connectivity index (χ1v) is 11.4. The molecule has 1 aliphatic rings. The van der Waals surface area contributed by atoms with Gasteiger partial charge >= 0.3 is 0 Å². The molecule has 27 heavy (non-hydrogen) atoms. The van der Waals surface area contributed by atoms with E-state index in [4.69, 9.17) is 4.74 Å². The summed E-state index contributed by atoms with van der Waals surface area (Å²) in [5.74, 6) is 2.28. The molecular formula is C19H19N3O2S3. The number of hydrogen-bond acceptors (Lipinski definition) is 7. The maximum Gasteiger partial charge on any atom is 0.248 e. The Morgan fingerprint density at radius 2 is 2.07 bits per heavy atom. The highest BCUT2D eigenvalue weighted by Gasteiger charge is 2.32. The third-order valence-electron chi connectivity index (χ3n) is 4.15. The number of para-hydroxylation sites is 1. The number of carbonyl (C=O) groups is 1. The molecule has 2 aromatic carbocycles. The van der Waals surface area contributed by atoms with Gasteiger partial charge in [0.2, 0.25) is 5.91 Å². The zero-order valence-corrected chi connectivity index (χ0v) is 17.2. The molecule has 1 fully saturated rings. The summed E-state index contributed by atoms with van der Waals surface area (Å²) in [5, 5.41) is 1.75. The maximum atomic E-state index is 12.3. The summed E-state index contributed by atoms with van der Waals surface area (Å²) in [6.45, 7) is 0.708. The molecule has 4 rings (SSSR count). The quantitative estimate of drug-likeness (QED) is 0.460. The zero-order chi connectivity index (χ0) is 18.6. The minimum Gasteiger partial charge on any atom is -0.497 e. The van der Waals surface area contributed by atoms with Crippen LogP contribution in [-0.4, -0.2) is 41.1 Å². The molecule has 0 aliphatic carbocycles. The Bertz CT molecular complexity index is 896. The molecule has 8 heteroatoms. The SMILES string of the molecule is COc1ccc(C2SCC(=O)N2NCCSc2nc3ccccc3s2)cc1. The van der Waals surface area contributed by atoms with E-state index in [1.807, 2.05) is 42.5 Å². The summed E-state index contributed by atoms with van der Waals surface area (Å²) >= 11 is 5.06. The summed E-state index contributed by atoms with van der Waals surface area (Å²) in [7, 11) is 1.65. The zero-order valence-electron chi connectivity index (χ0n) is 14.8. The lowest BCUT2D eigenvalue weighted by atomic mass is 10.2. The molecule has 0 bridgehead atoms. The number of methoxy groups -OCH3 is 1. The highest BCUT2D eigenvalue weighted by atomic mass is 32.2. The predicted molar refractivity (Wildman–Crippen MR) is 113 cm³/mol. The van der Waals surface area contributed by atoms with E-state index >= 15 is 0 Å². The average Bonchev–Trinajstić information content (AvgIpc) is 3.28. The van der Waals surface area contributed by atoms with Gasteiger partial charge in [-0.25, -0.2) is 10.4 Å².